The Hall–Kier alpha value is -2.60. The Morgan fingerprint density at radius 3 is 1.91 bits per heavy atom. The third-order valence-electron chi connectivity index (χ3n) is 8.45. The van der Waals surface area contributed by atoms with Crippen LogP contribution in [0, 0.1) is 0 Å². The van der Waals surface area contributed by atoms with Crippen molar-refractivity contribution in [2.45, 2.75) is 167 Å². The van der Waals surface area contributed by atoms with Gasteiger partial charge in [0, 0.05) is 12.8 Å². The summed E-state index contributed by atoms with van der Waals surface area (Å²) in [5.41, 5.74) is 5.31. The van der Waals surface area contributed by atoms with Crippen LogP contribution in [0.15, 0.2) is 48.6 Å². The fourth-order valence-electron chi connectivity index (χ4n) is 5.14. The van der Waals surface area contributed by atoms with Crippen molar-refractivity contribution in [2.75, 3.05) is 19.8 Å². The molecule has 3 unspecified atom stereocenters. The number of hydrogen-bond acceptors (Lipinski definition) is 10. The summed E-state index contributed by atoms with van der Waals surface area (Å²) in [7, 11) is -4.73. The molecule has 0 aromatic rings. The molecule has 304 valence electrons. The maximum atomic E-state index is 12.6. The average Bonchev–Trinajstić information content (AvgIpc) is 3.89. The highest BCUT2D eigenvalue weighted by molar-refractivity contribution is 7.47. The van der Waals surface area contributed by atoms with Crippen LogP contribution < -0.4 is 5.73 Å². The van der Waals surface area contributed by atoms with Gasteiger partial charge in [-0.15, -0.1) is 0 Å². The molecular formula is C40H68NO11P. The molecule has 0 aliphatic carbocycles. The Labute approximate surface area is 318 Å². The van der Waals surface area contributed by atoms with Crippen LogP contribution in [0.1, 0.15) is 142 Å². The fraction of sp³-hybridized carbons (Fsp3) is 0.725. The van der Waals surface area contributed by atoms with Crippen molar-refractivity contribution in [3.05, 3.63) is 48.6 Å². The first-order valence-electron chi connectivity index (χ1n) is 19.8. The number of carboxylic acid groups (broad SMARTS) is 1. The normalized spacial score (nSPS) is 18.2. The molecule has 0 saturated carbocycles. The zero-order chi connectivity index (χ0) is 39.0. The van der Waals surface area contributed by atoms with Crippen molar-refractivity contribution in [2.24, 2.45) is 5.73 Å². The standard InChI is InChI=1S/C40H68NO11P/c1-3-5-7-9-11-13-14-16-18-20-26-30-39(43)51-34(32-49-53(46,47)50-33-35(41)40(44)45)31-48-38(42)29-25-22-21-24-28-37-36(52-37)27-23-19-17-15-12-10-8-6-4-2/h9,11-12,15,19,21,23-24,34-37H,3-8,10,13-14,16-18,20,22,25-33,41H2,1-2H3,(H,44,45)(H,46,47)/b11-9-,15-12-,23-19-,24-21-/t34-,35+,36?,37?/m1/s1. The quantitative estimate of drug-likeness (QED) is 0.0183. The molecule has 0 spiro atoms. The molecule has 0 aromatic carbocycles. The van der Waals surface area contributed by atoms with E-state index >= 15 is 0 Å². The summed E-state index contributed by atoms with van der Waals surface area (Å²) < 4.78 is 38.3. The zero-order valence-electron chi connectivity index (χ0n) is 32.3. The second-order valence-corrected chi connectivity index (χ2v) is 14.9. The molecule has 1 rings (SSSR count). The topological polar surface area (TPSA) is 184 Å². The molecule has 53 heavy (non-hydrogen) atoms. The summed E-state index contributed by atoms with van der Waals surface area (Å²) in [5.74, 6) is -2.48. The number of allylic oxidation sites excluding steroid dienone is 6. The third-order valence-corrected chi connectivity index (χ3v) is 9.40. The second-order valence-electron chi connectivity index (χ2n) is 13.4. The number of rotatable bonds is 35. The number of phosphoric ester groups is 1. The Balaban J connectivity index is 2.37. The molecule has 0 amide bonds. The Bertz CT molecular complexity index is 1160. The van der Waals surface area contributed by atoms with E-state index in [1.165, 1.54) is 32.1 Å². The van der Waals surface area contributed by atoms with Gasteiger partial charge in [-0.25, -0.2) is 4.57 Å². The van der Waals surface area contributed by atoms with Gasteiger partial charge in [-0.2, -0.15) is 0 Å². The van der Waals surface area contributed by atoms with E-state index in [1.807, 2.05) is 6.08 Å². The van der Waals surface area contributed by atoms with Crippen LogP contribution in [0.2, 0.25) is 0 Å². The molecule has 13 heteroatoms. The Morgan fingerprint density at radius 1 is 0.679 bits per heavy atom. The minimum Gasteiger partial charge on any atom is -0.480 e. The predicted octanol–water partition coefficient (Wildman–Crippen LogP) is 8.82. The fourth-order valence-corrected chi connectivity index (χ4v) is 5.91. The Morgan fingerprint density at radius 2 is 1.21 bits per heavy atom. The monoisotopic (exact) mass is 769 g/mol. The third kappa shape index (κ3) is 29.4. The van der Waals surface area contributed by atoms with Crippen LogP contribution in [0.5, 0.6) is 0 Å². The van der Waals surface area contributed by atoms with Gasteiger partial charge < -0.3 is 29.9 Å². The van der Waals surface area contributed by atoms with Crippen LogP contribution >= 0.6 is 7.82 Å². The minimum atomic E-state index is -4.73. The highest BCUT2D eigenvalue weighted by Crippen LogP contribution is 2.43. The van der Waals surface area contributed by atoms with Crippen molar-refractivity contribution >= 4 is 25.7 Å². The summed E-state index contributed by atoms with van der Waals surface area (Å²) in [5, 5.41) is 8.86. The number of ether oxygens (including phenoxy) is 3. The number of esters is 2. The van der Waals surface area contributed by atoms with E-state index in [2.05, 4.69) is 60.9 Å². The summed E-state index contributed by atoms with van der Waals surface area (Å²) in [6.07, 6.45) is 35.0. The lowest BCUT2D eigenvalue weighted by Gasteiger charge is -2.20. The van der Waals surface area contributed by atoms with Crippen molar-refractivity contribution in [1.82, 2.24) is 0 Å². The lowest BCUT2D eigenvalue weighted by atomic mass is 10.1. The van der Waals surface area contributed by atoms with Gasteiger partial charge in [-0.3, -0.25) is 23.4 Å². The van der Waals surface area contributed by atoms with Crippen molar-refractivity contribution in [3.8, 4) is 0 Å². The van der Waals surface area contributed by atoms with Gasteiger partial charge in [0.15, 0.2) is 6.10 Å². The Kier molecular flexibility index (Phi) is 29.0. The molecule has 1 heterocycles. The molecule has 1 saturated heterocycles. The highest BCUT2D eigenvalue weighted by atomic mass is 31.2. The molecule has 1 aliphatic heterocycles. The lowest BCUT2D eigenvalue weighted by molar-refractivity contribution is -0.161. The number of nitrogens with two attached hydrogens (primary N) is 1. The first kappa shape index (κ1) is 48.4. The van der Waals surface area contributed by atoms with E-state index in [4.69, 9.17) is 29.6 Å². The molecule has 4 N–H and O–H groups in total. The second kappa shape index (κ2) is 31.7. The smallest absolute Gasteiger partial charge is 0.472 e. The van der Waals surface area contributed by atoms with Gasteiger partial charge in [-0.05, 0) is 70.6 Å². The van der Waals surface area contributed by atoms with E-state index in [0.29, 0.717) is 19.3 Å². The van der Waals surface area contributed by atoms with E-state index in [-0.39, 0.29) is 31.7 Å². The van der Waals surface area contributed by atoms with Gasteiger partial charge in [0.1, 0.15) is 12.6 Å². The lowest BCUT2D eigenvalue weighted by Crippen LogP contribution is -2.34. The molecular weight excluding hydrogens is 701 g/mol. The molecule has 12 nitrogen and oxygen atoms in total. The number of epoxide rings is 1. The number of phosphoric acid groups is 1. The van der Waals surface area contributed by atoms with Gasteiger partial charge >= 0.3 is 25.7 Å². The highest BCUT2D eigenvalue weighted by Gasteiger charge is 2.36. The first-order chi connectivity index (χ1) is 25.6. The first-order valence-corrected chi connectivity index (χ1v) is 21.3. The van der Waals surface area contributed by atoms with Gasteiger partial charge in [0.2, 0.25) is 0 Å². The largest absolute Gasteiger partial charge is 0.480 e. The van der Waals surface area contributed by atoms with Gasteiger partial charge in [0.25, 0.3) is 0 Å². The van der Waals surface area contributed by atoms with Gasteiger partial charge in [-0.1, -0.05) is 107 Å². The summed E-state index contributed by atoms with van der Waals surface area (Å²) in [6, 6.07) is -1.53. The van der Waals surface area contributed by atoms with Crippen LogP contribution in [-0.2, 0) is 42.2 Å². The molecule has 0 radical (unpaired) electrons. The van der Waals surface area contributed by atoms with Crippen molar-refractivity contribution in [3.63, 3.8) is 0 Å². The van der Waals surface area contributed by atoms with Crippen LogP contribution in [-0.4, -0.2) is 72.1 Å². The van der Waals surface area contributed by atoms with E-state index in [1.54, 1.807) is 0 Å². The maximum absolute atomic E-state index is 12.6. The van der Waals surface area contributed by atoms with Crippen LogP contribution in [0.25, 0.3) is 0 Å². The zero-order valence-corrected chi connectivity index (χ0v) is 33.2. The van der Waals surface area contributed by atoms with E-state index in [0.717, 1.165) is 64.2 Å². The van der Waals surface area contributed by atoms with Crippen LogP contribution in [0.4, 0.5) is 0 Å². The van der Waals surface area contributed by atoms with Crippen molar-refractivity contribution < 1.29 is 52.2 Å². The summed E-state index contributed by atoms with van der Waals surface area (Å²) >= 11 is 0. The average molecular weight is 770 g/mol. The van der Waals surface area contributed by atoms with Gasteiger partial charge in [0.05, 0.1) is 25.4 Å². The maximum Gasteiger partial charge on any atom is 0.472 e. The van der Waals surface area contributed by atoms with Crippen molar-refractivity contribution in [1.29, 1.82) is 0 Å². The van der Waals surface area contributed by atoms with E-state index in [9.17, 15) is 23.8 Å². The number of carbonyl (C=O) groups is 3. The molecule has 5 atom stereocenters. The molecule has 1 fully saturated rings. The SMILES string of the molecule is CCCC/C=C\CCCCCCCC(=O)O[C@H](COC(=O)CCC/C=C\CC1OC1C/C=C\C/C=C\CCCCC)COP(=O)(O)OC[C@H](N)C(=O)O. The summed E-state index contributed by atoms with van der Waals surface area (Å²) in [4.78, 5) is 45.8. The number of hydrogen-bond donors (Lipinski definition) is 3. The molecule has 0 bridgehead atoms. The van der Waals surface area contributed by atoms with E-state index < -0.39 is 51.1 Å². The minimum absolute atomic E-state index is 0.134. The number of aliphatic carboxylic acids is 1. The predicted molar refractivity (Wildman–Crippen MR) is 207 cm³/mol. The number of carboxylic acids is 1. The molecule has 1 aliphatic rings. The molecule has 0 aromatic heterocycles. The number of unbranched alkanes of at least 4 members (excludes halogenated alkanes) is 11. The van der Waals surface area contributed by atoms with Crippen LogP contribution in [0.3, 0.4) is 0 Å². The summed E-state index contributed by atoms with van der Waals surface area (Å²) in [6.45, 7) is 2.62. The number of carbonyl (C=O) groups excluding carboxylic acids is 2.